The van der Waals surface area contributed by atoms with Crippen LogP contribution in [-0.2, 0) is 17.8 Å². The fourth-order valence-corrected chi connectivity index (χ4v) is 3.79. The lowest BCUT2D eigenvalue weighted by Crippen LogP contribution is -2.38. The molecule has 0 spiro atoms. The quantitative estimate of drug-likeness (QED) is 0.427. The molecule has 1 aromatic carbocycles. The van der Waals surface area contributed by atoms with Gasteiger partial charge in [-0.2, -0.15) is 0 Å². The summed E-state index contributed by atoms with van der Waals surface area (Å²) >= 11 is 0. The van der Waals surface area contributed by atoms with Gasteiger partial charge in [-0.25, -0.2) is 14.2 Å². The number of hydrogen-bond acceptors (Lipinski definition) is 5. The number of fused-ring (bicyclic) bond motifs is 1. The molecule has 4 N–H and O–H groups in total. The van der Waals surface area contributed by atoms with E-state index in [9.17, 15) is 23.6 Å². The molecule has 9 nitrogen and oxygen atoms in total. The fourth-order valence-electron chi connectivity index (χ4n) is 3.79. The van der Waals surface area contributed by atoms with Gasteiger partial charge in [0, 0.05) is 18.8 Å². The van der Waals surface area contributed by atoms with E-state index in [1.165, 1.54) is 22.8 Å². The van der Waals surface area contributed by atoms with E-state index in [0.717, 1.165) is 0 Å². The van der Waals surface area contributed by atoms with E-state index in [1.54, 1.807) is 12.1 Å². The van der Waals surface area contributed by atoms with Crippen LogP contribution in [-0.4, -0.2) is 32.9 Å². The molecule has 186 valence electrons. The standard InChI is InChI=1S/C25H30FN5O4/c1-13(2)12-31-22-20(24(34)30-25(31)35)18(10-19(29-22)14(3)4)23(33)28-11-16(21(27)32)9-15-5-7-17(26)8-6-15/h5-8,10,13-14,16H,9,11-12H2,1-4H3,(H2,27,32)(H,28,33)(H,30,34,35). The molecule has 0 fully saturated rings. The van der Waals surface area contributed by atoms with Crippen molar-refractivity contribution in [2.24, 2.45) is 17.6 Å². The minimum atomic E-state index is -0.750. The van der Waals surface area contributed by atoms with Crippen LogP contribution in [0.4, 0.5) is 4.39 Å². The Bertz CT molecular complexity index is 1360. The lowest BCUT2D eigenvalue weighted by molar-refractivity contribution is -0.121. The van der Waals surface area contributed by atoms with Crippen LogP contribution in [0.1, 0.15) is 55.2 Å². The summed E-state index contributed by atoms with van der Waals surface area (Å²) in [5.41, 5.74) is 5.66. The van der Waals surface area contributed by atoms with Crippen molar-refractivity contribution < 1.29 is 14.0 Å². The summed E-state index contributed by atoms with van der Waals surface area (Å²) in [6.45, 7) is 7.85. The normalized spacial score (nSPS) is 12.3. The van der Waals surface area contributed by atoms with Gasteiger partial charge in [0.1, 0.15) is 5.82 Å². The third-order valence-corrected chi connectivity index (χ3v) is 5.66. The van der Waals surface area contributed by atoms with E-state index in [4.69, 9.17) is 5.73 Å². The van der Waals surface area contributed by atoms with Crippen molar-refractivity contribution in [3.63, 3.8) is 0 Å². The molecular formula is C25H30FN5O4. The highest BCUT2D eigenvalue weighted by atomic mass is 19.1. The number of H-pyrrole nitrogens is 1. The van der Waals surface area contributed by atoms with Crippen LogP contribution < -0.4 is 22.3 Å². The molecule has 10 heteroatoms. The number of pyridine rings is 1. The number of nitrogens with two attached hydrogens (primary N) is 1. The number of aromatic nitrogens is 3. The van der Waals surface area contributed by atoms with Gasteiger partial charge in [-0.05, 0) is 42.0 Å². The highest BCUT2D eigenvalue weighted by molar-refractivity contribution is 6.05. The Kier molecular flexibility index (Phi) is 7.83. The maximum Gasteiger partial charge on any atom is 0.330 e. The Morgan fingerprint density at radius 3 is 2.37 bits per heavy atom. The van der Waals surface area contributed by atoms with E-state index >= 15 is 0 Å². The van der Waals surface area contributed by atoms with Gasteiger partial charge in [0.05, 0.1) is 16.9 Å². The van der Waals surface area contributed by atoms with Crippen LogP contribution in [0.5, 0.6) is 0 Å². The number of benzene rings is 1. The fraction of sp³-hybridized carbons (Fsp3) is 0.400. The van der Waals surface area contributed by atoms with Crippen LogP contribution in [0.2, 0.25) is 0 Å². The molecule has 35 heavy (non-hydrogen) atoms. The first-order valence-corrected chi connectivity index (χ1v) is 11.5. The van der Waals surface area contributed by atoms with Gasteiger partial charge in [-0.1, -0.05) is 39.8 Å². The first kappa shape index (κ1) is 25.8. The first-order chi connectivity index (χ1) is 16.5. The van der Waals surface area contributed by atoms with E-state index in [-0.39, 0.29) is 41.4 Å². The summed E-state index contributed by atoms with van der Waals surface area (Å²) in [7, 11) is 0. The van der Waals surface area contributed by atoms with Gasteiger partial charge in [-0.15, -0.1) is 0 Å². The minimum Gasteiger partial charge on any atom is -0.369 e. The maximum atomic E-state index is 13.2. The smallest absolute Gasteiger partial charge is 0.330 e. The highest BCUT2D eigenvalue weighted by Crippen LogP contribution is 2.20. The summed E-state index contributed by atoms with van der Waals surface area (Å²) in [4.78, 5) is 57.4. The Labute approximate surface area is 201 Å². The molecule has 3 aromatic rings. The first-order valence-electron chi connectivity index (χ1n) is 11.5. The number of nitrogens with zero attached hydrogens (tertiary/aromatic N) is 2. The number of nitrogens with one attached hydrogen (secondary N) is 2. The summed E-state index contributed by atoms with van der Waals surface area (Å²) in [5, 5.41) is 2.69. The minimum absolute atomic E-state index is 0.00121. The zero-order valence-corrected chi connectivity index (χ0v) is 20.2. The number of primary amides is 1. The number of carbonyl (C=O) groups excluding carboxylic acids is 2. The van der Waals surface area contributed by atoms with Crippen LogP contribution in [0, 0.1) is 17.7 Å². The Morgan fingerprint density at radius 1 is 1.14 bits per heavy atom. The molecule has 0 radical (unpaired) electrons. The molecule has 2 aromatic heterocycles. The number of rotatable bonds is 9. The summed E-state index contributed by atoms with van der Waals surface area (Å²) in [6, 6.07) is 7.19. The Balaban J connectivity index is 2.00. The maximum absolute atomic E-state index is 13.2. The highest BCUT2D eigenvalue weighted by Gasteiger charge is 2.23. The molecule has 1 atom stereocenters. The lowest BCUT2D eigenvalue weighted by Gasteiger charge is -2.17. The van der Waals surface area contributed by atoms with Gasteiger partial charge in [0.2, 0.25) is 5.91 Å². The van der Waals surface area contributed by atoms with Crippen LogP contribution >= 0.6 is 0 Å². The predicted octanol–water partition coefficient (Wildman–Crippen LogP) is 2.08. The number of hydrogen-bond donors (Lipinski definition) is 3. The third-order valence-electron chi connectivity index (χ3n) is 5.66. The van der Waals surface area contributed by atoms with Crippen molar-refractivity contribution in [2.45, 2.75) is 46.6 Å². The predicted molar refractivity (Wildman–Crippen MR) is 131 cm³/mol. The molecule has 0 saturated carbocycles. The molecule has 1 unspecified atom stereocenters. The summed E-state index contributed by atoms with van der Waals surface area (Å²) in [5.74, 6) is -2.36. The largest absolute Gasteiger partial charge is 0.369 e. The average Bonchev–Trinajstić information content (AvgIpc) is 2.79. The molecule has 0 aliphatic rings. The number of carbonyl (C=O) groups is 2. The van der Waals surface area contributed by atoms with Gasteiger partial charge in [0.15, 0.2) is 5.65 Å². The second kappa shape index (κ2) is 10.6. The van der Waals surface area contributed by atoms with Crippen molar-refractivity contribution in [3.8, 4) is 0 Å². The van der Waals surface area contributed by atoms with Crippen molar-refractivity contribution in [3.05, 3.63) is 73.8 Å². The zero-order valence-electron chi connectivity index (χ0n) is 20.2. The van der Waals surface area contributed by atoms with Gasteiger partial charge < -0.3 is 11.1 Å². The monoisotopic (exact) mass is 483 g/mol. The molecule has 0 saturated heterocycles. The molecule has 2 amide bonds. The van der Waals surface area contributed by atoms with Gasteiger partial charge >= 0.3 is 5.69 Å². The van der Waals surface area contributed by atoms with Crippen molar-refractivity contribution in [1.29, 1.82) is 0 Å². The molecule has 0 aliphatic carbocycles. The number of amides is 2. The molecule has 3 rings (SSSR count). The van der Waals surface area contributed by atoms with Crippen LogP contribution in [0.3, 0.4) is 0 Å². The Morgan fingerprint density at radius 2 is 1.80 bits per heavy atom. The van der Waals surface area contributed by atoms with E-state index in [0.29, 0.717) is 17.8 Å². The van der Waals surface area contributed by atoms with Crippen LogP contribution in [0.15, 0.2) is 39.9 Å². The zero-order chi connectivity index (χ0) is 25.9. The van der Waals surface area contributed by atoms with Crippen LogP contribution in [0.25, 0.3) is 11.0 Å². The second-order valence-corrected chi connectivity index (χ2v) is 9.35. The van der Waals surface area contributed by atoms with Crippen molar-refractivity contribution >= 4 is 22.8 Å². The summed E-state index contributed by atoms with van der Waals surface area (Å²) < 4.78 is 14.6. The second-order valence-electron chi connectivity index (χ2n) is 9.35. The van der Waals surface area contributed by atoms with E-state index in [2.05, 4.69) is 15.3 Å². The molecule has 0 aliphatic heterocycles. The molecule has 2 heterocycles. The molecular weight excluding hydrogens is 453 g/mol. The van der Waals surface area contributed by atoms with Gasteiger partial charge in [0.25, 0.3) is 11.5 Å². The third kappa shape index (κ3) is 6.00. The number of aromatic amines is 1. The summed E-state index contributed by atoms with van der Waals surface area (Å²) in [6.07, 6.45) is 0.207. The SMILES string of the molecule is CC(C)Cn1c(=O)[nH]c(=O)c2c(C(=O)NCC(Cc3ccc(F)cc3)C(N)=O)cc(C(C)C)nc21. The van der Waals surface area contributed by atoms with Crippen molar-refractivity contribution in [2.75, 3.05) is 6.54 Å². The average molecular weight is 484 g/mol. The van der Waals surface area contributed by atoms with Gasteiger partial charge in [-0.3, -0.25) is 23.9 Å². The topological polar surface area (TPSA) is 140 Å². The number of halogens is 1. The van der Waals surface area contributed by atoms with E-state index in [1.807, 2.05) is 27.7 Å². The Hall–Kier alpha value is -3.82. The molecule has 0 bridgehead atoms. The lowest BCUT2D eigenvalue weighted by atomic mass is 9.98. The van der Waals surface area contributed by atoms with E-state index < -0.39 is 34.8 Å². The van der Waals surface area contributed by atoms with Crippen molar-refractivity contribution in [1.82, 2.24) is 19.9 Å².